The number of carbonyl (C=O) groups is 1. The van der Waals surface area contributed by atoms with Crippen molar-refractivity contribution in [1.29, 1.82) is 0 Å². The average molecular weight is 217 g/mol. The van der Waals surface area contributed by atoms with Gasteiger partial charge in [0, 0.05) is 0 Å². The summed E-state index contributed by atoms with van der Waals surface area (Å²) >= 11 is 0. The summed E-state index contributed by atoms with van der Waals surface area (Å²) in [6.07, 6.45) is 8.42. The van der Waals surface area contributed by atoms with Crippen LogP contribution in [0.4, 0.5) is 4.79 Å². The highest BCUT2D eigenvalue weighted by Gasteiger charge is 2.31. The minimum absolute atomic E-state index is 0.0161. The highest BCUT2D eigenvalue weighted by atomic mass is 16.2. The zero-order chi connectivity index (χ0) is 11.0. The molecule has 0 aromatic rings. The molecule has 1 aliphatic carbocycles. The molecule has 0 bridgehead atoms. The van der Waals surface area contributed by atoms with E-state index in [-0.39, 0.29) is 12.1 Å². The molecule has 2 amide bonds. The van der Waals surface area contributed by atoms with Crippen LogP contribution in [0.15, 0.2) is 28.8 Å². The molecule has 84 valence electrons. The number of urea groups is 1. The standard InChI is InChI=1S/C12H15N3O/c16-12-14-10-3-1-2-9(11(10)15-12)8-4-6-13-7-5-8/h1-3,8,10,13H,4-7H2,(H,14,16). The lowest BCUT2D eigenvalue weighted by Crippen LogP contribution is -2.36. The number of nitrogens with zero attached hydrogens (tertiary/aromatic N) is 1. The molecular formula is C12H15N3O. The van der Waals surface area contributed by atoms with Crippen LogP contribution in [0.2, 0.25) is 0 Å². The Kier molecular flexibility index (Phi) is 2.36. The Labute approximate surface area is 94.5 Å². The van der Waals surface area contributed by atoms with E-state index < -0.39 is 0 Å². The number of rotatable bonds is 1. The molecule has 0 radical (unpaired) electrons. The van der Waals surface area contributed by atoms with E-state index in [4.69, 9.17) is 0 Å². The number of aliphatic imine (C=N–C) groups is 1. The number of hydrogen-bond acceptors (Lipinski definition) is 2. The number of carbonyl (C=O) groups excluding carboxylic acids is 1. The zero-order valence-corrected chi connectivity index (χ0v) is 9.07. The van der Waals surface area contributed by atoms with E-state index >= 15 is 0 Å². The third-order valence-electron chi connectivity index (χ3n) is 3.45. The van der Waals surface area contributed by atoms with E-state index in [1.807, 2.05) is 12.2 Å². The second-order valence-corrected chi connectivity index (χ2v) is 4.46. The van der Waals surface area contributed by atoms with Crippen molar-refractivity contribution in [3.63, 3.8) is 0 Å². The molecule has 1 fully saturated rings. The Bertz CT molecular complexity index is 402. The molecular weight excluding hydrogens is 202 g/mol. The second-order valence-electron chi connectivity index (χ2n) is 4.46. The van der Waals surface area contributed by atoms with Gasteiger partial charge in [0.25, 0.3) is 0 Å². The minimum Gasteiger partial charge on any atom is -0.324 e. The number of nitrogens with one attached hydrogen (secondary N) is 2. The summed E-state index contributed by atoms with van der Waals surface area (Å²) in [5.41, 5.74) is 2.20. The molecule has 1 atom stereocenters. The molecule has 2 heterocycles. The summed E-state index contributed by atoms with van der Waals surface area (Å²) in [5.74, 6) is 0.556. The molecule has 1 unspecified atom stereocenters. The van der Waals surface area contributed by atoms with E-state index in [1.54, 1.807) is 0 Å². The maximum absolute atomic E-state index is 11.3. The van der Waals surface area contributed by atoms with Gasteiger partial charge in [-0.05, 0) is 37.4 Å². The van der Waals surface area contributed by atoms with Gasteiger partial charge in [-0.2, -0.15) is 4.99 Å². The van der Waals surface area contributed by atoms with E-state index in [1.165, 1.54) is 5.57 Å². The van der Waals surface area contributed by atoms with Gasteiger partial charge in [-0.15, -0.1) is 0 Å². The smallest absolute Gasteiger partial charge is 0.324 e. The summed E-state index contributed by atoms with van der Waals surface area (Å²) in [5, 5.41) is 6.19. The van der Waals surface area contributed by atoms with Crippen LogP contribution in [-0.4, -0.2) is 30.9 Å². The monoisotopic (exact) mass is 217 g/mol. The molecule has 3 aliphatic rings. The number of allylic oxidation sites excluding steroid dienone is 2. The Morgan fingerprint density at radius 3 is 2.94 bits per heavy atom. The van der Waals surface area contributed by atoms with Crippen LogP contribution in [0.1, 0.15) is 12.8 Å². The van der Waals surface area contributed by atoms with Crippen LogP contribution in [-0.2, 0) is 0 Å². The molecule has 2 aliphatic heterocycles. The molecule has 4 heteroatoms. The van der Waals surface area contributed by atoms with Crippen molar-refractivity contribution in [1.82, 2.24) is 10.6 Å². The lowest BCUT2D eigenvalue weighted by molar-refractivity contribution is 0.251. The predicted octanol–water partition coefficient (Wildman–Crippen LogP) is 1.01. The van der Waals surface area contributed by atoms with E-state index in [0.717, 1.165) is 31.6 Å². The van der Waals surface area contributed by atoms with Gasteiger partial charge in [0.15, 0.2) is 0 Å². The van der Waals surface area contributed by atoms with Gasteiger partial charge in [0.2, 0.25) is 0 Å². The molecule has 3 rings (SSSR count). The first-order valence-corrected chi connectivity index (χ1v) is 5.83. The van der Waals surface area contributed by atoms with E-state index in [9.17, 15) is 4.79 Å². The Morgan fingerprint density at radius 1 is 1.31 bits per heavy atom. The predicted molar refractivity (Wildman–Crippen MR) is 62.6 cm³/mol. The number of piperidine rings is 1. The van der Waals surface area contributed by atoms with Crippen LogP contribution < -0.4 is 10.6 Å². The first-order valence-electron chi connectivity index (χ1n) is 5.83. The molecule has 4 nitrogen and oxygen atoms in total. The first-order chi connectivity index (χ1) is 7.84. The zero-order valence-electron chi connectivity index (χ0n) is 9.07. The largest absolute Gasteiger partial charge is 0.342 e. The number of fused-ring (bicyclic) bond motifs is 1. The van der Waals surface area contributed by atoms with Gasteiger partial charge in [-0.1, -0.05) is 18.2 Å². The van der Waals surface area contributed by atoms with Gasteiger partial charge in [0.05, 0.1) is 11.8 Å². The highest BCUT2D eigenvalue weighted by molar-refractivity contribution is 6.15. The van der Waals surface area contributed by atoms with Crippen molar-refractivity contribution < 1.29 is 4.79 Å². The molecule has 0 spiro atoms. The maximum atomic E-state index is 11.3. The minimum atomic E-state index is -0.202. The third-order valence-corrected chi connectivity index (χ3v) is 3.45. The van der Waals surface area contributed by atoms with Crippen LogP contribution in [0, 0.1) is 5.92 Å². The van der Waals surface area contributed by atoms with Crippen LogP contribution in [0.25, 0.3) is 0 Å². The van der Waals surface area contributed by atoms with E-state index in [2.05, 4.69) is 21.7 Å². The molecule has 16 heavy (non-hydrogen) atoms. The summed E-state index contributed by atoms with van der Waals surface area (Å²) < 4.78 is 0. The Hall–Kier alpha value is -1.42. The van der Waals surface area contributed by atoms with Crippen LogP contribution >= 0.6 is 0 Å². The van der Waals surface area contributed by atoms with Crippen LogP contribution in [0.5, 0.6) is 0 Å². The highest BCUT2D eigenvalue weighted by Crippen LogP contribution is 2.27. The fourth-order valence-electron chi connectivity index (χ4n) is 2.63. The molecule has 1 saturated heterocycles. The Balaban J connectivity index is 1.88. The third kappa shape index (κ3) is 1.59. The average Bonchev–Trinajstić information content (AvgIpc) is 2.70. The molecule has 0 aromatic heterocycles. The SMILES string of the molecule is O=C1N=C2C(C3CCNCC3)=CC=CC2N1. The normalized spacial score (nSPS) is 29.5. The van der Waals surface area contributed by atoms with Crippen molar-refractivity contribution in [3.8, 4) is 0 Å². The second kappa shape index (κ2) is 3.87. The maximum Gasteiger partial charge on any atom is 0.342 e. The van der Waals surface area contributed by atoms with Gasteiger partial charge in [-0.3, -0.25) is 0 Å². The topological polar surface area (TPSA) is 53.5 Å². The van der Waals surface area contributed by atoms with Crippen molar-refractivity contribution in [3.05, 3.63) is 23.8 Å². The fraction of sp³-hybridized carbons (Fsp3) is 0.500. The lowest BCUT2D eigenvalue weighted by Gasteiger charge is -2.27. The van der Waals surface area contributed by atoms with Crippen molar-refractivity contribution >= 4 is 11.7 Å². The summed E-state index contributed by atoms with van der Waals surface area (Å²) in [6.45, 7) is 2.12. The van der Waals surface area contributed by atoms with Crippen molar-refractivity contribution in [2.45, 2.75) is 18.9 Å². The van der Waals surface area contributed by atoms with Crippen molar-refractivity contribution in [2.75, 3.05) is 13.1 Å². The fourth-order valence-corrected chi connectivity index (χ4v) is 2.63. The summed E-state index contributed by atoms with van der Waals surface area (Å²) in [7, 11) is 0. The summed E-state index contributed by atoms with van der Waals surface area (Å²) in [6, 6.07) is -0.186. The molecule has 0 aromatic carbocycles. The number of amides is 2. The van der Waals surface area contributed by atoms with E-state index in [0.29, 0.717) is 5.92 Å². The number of hydrogen-bond donors (Lipinski definition) is 2. The summed E-state index contributed by atoms with van der Waals surface area (Å²) in [4.78, 5) is 15.4. The van der Waals surface area contributed by atoms with Gasteiger partial charge >= 0.3 is 6.03 Å². The Morgan fingerprint density at radius 2 is 2.12 bits per heavy atom. The van der Waals surface area contributed by atoms with Crippen LogP contribution in [0.3, 0.4) is 0 Å². The van der Waals surface area contributed by atoms with Gasteiger partial charge in [-0.25, -0.2) is 4.79 Å². The lowest BCUT2D eigenvalue weighted by atomic mass is 9.83. The van der Waals surface area contributed by atoms with Crippen molar-refractivity contribution in [2.24, 2.45) is 10.9 Å². The first kappa shape index (κ1) is 9.78. The quantitative estimate of drug-likeness (QED) is 0.689. The van der Waals surface area contributed by atoms with Gasteiger partial charge < -0.3 is 10.6 Å². The van der Waals surface area contributed by atoms with Gasteiger partial charge in [0.1, 0.15) is 0 Å². The molecule has 0 saturated carbocycles. The molecule has 2 N–H and O–H groups in total.